The fraction of sp³-hybridized carbons (Fsp3) is 0.526. The topological polar surface area (TPSA) is 60.2 Å². The molecular formula is C19H24N4O2. The van der Waals surface area contributed by atoms with Gasteiger partial charge in [0, 0.05) is 31.5 Å². The number of carbonyl (C=O) groups excluding carboxylic acids is 1. The lowest BCUT2D eigenvalue weighted by atomic mass is 10.1. The third-order valence-electron chi connectivity index (χ3n) is 4.94. The Hall–Kier alpha value is -2.21. The number of ether oxygens (including phenoxy) is 1. The van der Waals surface area contributed by atoms with Crippen LogP contribution in [0.15, 0.2) is 30.3 Å². The minimum Gasteiger partial charge on any atom is -0.381 e. The number of para-hydroxylation sites is 1. The van der Waals surface area contributed by atoms with Crippen LogP contribution in [0.3, 0.4) is 0 Å². The van der Waals surface area contributed by atoms with E-state index in [1.54, 1.807) is 0 Å². The lowest BCUT2D eigenvalue weighted by Gasteiger charge is -2.22. The summed E-state index contributed by atoms with van der Waals surface area (Å²) in [6.07, 6.45) is 3.26. The number of hydrogen-bond acceptors (Lipinski definition) is 4. The molecule has 132 valence electrons. The van der Waals surface area contributed by atoms with Gasteiger partial charge in [0.1, 0.15) is 5.82 Å². The van der Waals surface area contributed by atoms with Crippen LogP contribution in [0, 0.1) is 5.92 Å². The van der Waals surface area contributed by atoms with Gasteiger partial charge in [-0.25, -0.2) is 9.67 Å². The summed E-state index contributed by atoms with van der Waals surface area (Å²) in [6, 6.07) is 9.94. The maximum atomic E-state index is 13.0. The van der Waals surface area contributed by atoms with E-state index in [2.05, 4.69) is 10.1 Å². The van der Waals surface area contributed by atoms with Crippen molar-refractivity contribution in [2.75, 3.05) is 26.3 Å². The first-order valence-corrected chi connectivity index (χ1v) is 9.15. The summed E-state index contributed by atoms with van der Waals surface area (Å²) in [5.74, 6) is 1.99. The summed E-state index contributed by atoms with van der Waals surface area (Å²) in [7, 11) is 0. The van der Waals surface area contributed by atoms with Crippen molar-refractivity contribution in [3.63, 3.8) is 0 Å². The molecule has 2 fully saturated rings. The number of carbonyl (C=O) groups is 1. The second-order valence-corrected chi connectivity index (χ2v) is 6.89. The van der Waals surface area contributed by atoms with Gasteiger partial charge in [-0.2, -0.15) is 0 Å². The Morgan fingerprint density at radius 2 is 2.08 bits per heavy atom. The van der Waals surface area contributed by atoms with Crippen LogP contribution < -0.4 is 0 Å². The molecule has 25 heavy (non-hydrogen) atoms. The normalized spacial score (nSPS) is 20.0. The first-order valence-electron chi connectivity index (χ1n) is 9.15. The van der Waals surface area contributed by atoms with Crippen LogP contribution in [0.25, 0.3) is 5.69 Å². The molecular weight excluding hydrogens is 316 g/mol. The van der Waals surface area contributed by atoms with E-state index >= 15 is 0 Å². The highest BCUT2D eigenvalue weighted by Gasteiger charge is 2.32. The number of hydrogen-bond donors (Lipinski definition) is 0. The molecule has 1 atom stereocenters. The molecule has 6 heteroatoms. The van der Waals surface area contributed by atoms with E-state index in [9.17, 15) is 4.79 Å². The standard InChI is InChI=1S/C19H24N4O2/c1-2-22(12-14-10-11-25-13-14)19(24)17-20-18(15-8-9-15)23(21-17)16-6-4-3-5-7-16/h3-7,14-15H,2,8-13H2,1H3/t14-/m1/s1. The van der Waals surface area contributed by atoms with Crippen molar-refractivity contribution in [3.05, 3.63) is 42.0 Å². The van der Waals surface area contributed by atoms with Gasteiger partial charge in [-0.1, -0.05) is 18.2 Å². The lowest BCUT2D eigenvalue weighted by Crippen LogP contribution is -2.36. The minimum absolute atomic E-state index is 0.0778. The van der Waals surface area contributed by atoms with Crippen molar-refractivity contribution in [1.29, 1.82) is 0 Å². The maximum absolute atomic E-state index is 13.0. The van der Waals surface area contributed by atoms with Crippen LogP contribution in [-0.2, 0) is 4.74 Å². The Balaban J connectivity index is 1.59. The average Bonchev–Trinajstić information content (AvgIpc) is 3.19. The van der Waals surface area contributed by atoms with Crippen molar-refractivity contribution in [2.45, 2.75) is 32.1 Å². The van der Waals surface area contributed by atoms with E-state index < -0.39 is 0 Å². The van der Waals surface area contributed by atoms with Gasteiger partial charge in [0.15, 0.2) is 0 Å². The second-order valence-electron chi connectivity index (χ2n) is 6.89. The van der Waals surface area contributed by atoms with Gasteiger partial charge in [-0.3, -0.25) is 4.79 Å². The van der Waals surface area contributed by atoms with Crippen LogP contribution in [-0.4, -0.2) is 51.9 Å². The molecule has 6 nitrogen and oxygen atoms in total. The van der Waals surface area contributed by atoms with E-state index in [0.717, 1.165) is 44.0 Å². The lowest BCUT2D eigenvalue weighted by molar-refractivity contribution is 0.0718. The fourth-order valence-electron chi connectivity index (χ4n) is 3.32. The average molecular weight is 340 g/mol. The zero-order valence-corrected chi connectivity index (χ0v) is 14.6. The molecule has 1 aliphatic heterocycles. The van der Waals surface area contributed by atoms with Crippen molar-refractivity contribution >= 4 is 5.91 Å². The van der Waals surface area contributed by atoms with Crippen LogP contribution in [0.4, 0.5) is 0 Å². The van der Waals surface area contributed by atoms with Crippen LogP contribution in [0.5, 0.6) is 0 Å². The van der Waals surface area contributed by atoms with Gasteiger partial charge in [-0.15, -0.1) is 5.10 Å². The molecule has 0 bridgehead atoms. The molecule has 0 spiro atoms. The van der Waals surface area contributed by atoms with E-state index in [1.165, 1.54) is 0 Å². The highest BCUT2D eigenvalue weighted by Crippen LogP contribution is 2.39. The predicted octanol–water partition coefficient (Wildman–Crippen LogP) is 2.64. The predicted molar refractivity (Wildman–Crippen MR) is 93.8 cm³/mol. The molecule has 1 saturated carbocycles. The summed E-state index contributed by atoms with van der Waals surface area (Å²) in [6.45, 7) is 4.91. The molecule has 2 aliphatic rings. The fourth-order valence-corrected chi connectivity index (χ4v) is 3.32. The monoisotopic (exact) mass is 340 g/mol. The smallest absolute Gasteiger partial charge is 0.293 e. The number of aromatic nitrogens is 3. The number of amides is 1. The first-order chi connectivity index (χ1) is 12.3. The van der Waals surface area contributed by atoms with Gasteiger partial charge < -0.3 is 9.64 Å². The molecule has 4 rings (SSSR count). The Morgan fingerprint density at radius 3 is 2.72 bits per heavy atom. The third kappa shape index (κ3) is 3.44. The van der Waals surface area contributed by atoms with Gasteiger partial charge in [0.25, 0.3) is 5.91 Å². The number of rotatable bonds is 6. The Labute approximate surface area is 147 Å². The van der Waals surface area contributed by atoms with Crippen LogP contribution >= 0.6 is 0 Å². The molecule has 2 aromatic rings. The molecule has 1 aromatic carbocycles. The molecule has 0 unspecified atom stereocenters. The molecule has 1 amide bonds. The summed E-state index contributed by atoms with van der Waals surface area (Å²) >= 11 is 0. The Bertz CT molecular complexity index is 733. The van der Waals surface area contributed by atoms with E-state index in [4.69, 9.17) is 4.74 Å². The van der Waals surface area contributed by atoms with Crippen LogP contribution in [0.2, 0.25) is 0 Å². The van der Waals surface area contributed by atoms with Crippen LogP contribution in [0.1, 0.15) is 48.5 Å². The quantitative estimate of drug-likeness (QED) is 0.811. The SMILES string of the molecule is CCN(C[C@H]1CCOC1)C(=O)c1nc(C2CC2)n(-c2ccccc2)n1. The zero-order chi connectivity index (χ0) is 17.2. The molecule has 0 radical (unpaired) electrons. The van der Waals surface area contributed by atoms with Gasteiger partial charge in [-0.05, 0) is 38.3 Å². The van der Waals surface area contributed by atoms with E-state index in [-0.39, 0.29) is 5.91 Å². The van der Waals surface area contributed by atoms with E-state index in [1.807, 2.05) is 46.8 Å². The van der Waals surface area contributed by atoms with Gasteiger partial charge in [0.2, 0.25) is 5.82 Å². The molecule has 1 saturated heterocycles. The molecule has 2 heterocycles. The van der Waals surface area contributed by atoms with Gasteiger partial charge in [0.05, 0.1) is 12.3 Å². The van der Waals surface area contributed by atoms with Crippen molar-refractivity contribution in [3.8, 4) is 5.69 Å². The second kappa shape index (κ2) is 6.96. The minimum atomic E-state index is -0.0778. The molecule has 0 N–H and O–H groups in total. The van der Waals surface area contributed by atoms with Crippen molar-refractivity contribution in [1.82, 2.24) is 19.7 Å². The zero-order valence-electron chi connectivity index (χ0n) is 14.6. The Morgan fingerprint density at radius 1 is 1.28 bits per heavy atom. The molecule has 1 aliphatic carbocycles. The highest BCUT2D eigenvalue weighted by molar-refractivity contribution is 5.90. The highest BCUT2D eigenvalue weighted by atomic mass is 16.5. The van der Waals surface area contributed by atoms with Gasteiger partial charge >= 0.3 is 0 Å². The number of benzene rings is 1. The summed E-state index contributed by atoms with van der Waals surface area (Å²) in [5, 5.41) is 4.57. The number of nitrogens with zero attached hydrogens (tertiary/aromatic N) is 4. The summed E-state index contributed by atoms with van der Waals surface area (Å²) in [5.41, 5.74) is 0.961. The molecule has 1 aromatic heterocycles. The Kier molecular flexibility index (Phi) is 4.53. The summed E-state index contributed by atoms with van der Waals surface area (Å²) < 4.78 is 7.28. The summed E-state index contributed by atoms with van der Waals surface area (Å²) in [4.78, 5) is 19.4. The maximum Gasteiger partial charge on any atom is 0.293 e. The van der Waals surface area contributed by atoms with Crippen molar-refractivity contribution in [2.24, 2.45) is 5.92 Å². The third-order valence-corrected chi connectivity index (χ3v) is 4.94. The largest absolute Gasteiger partial charge is 0.381 e. The van der Waals surface area contributed by atoms with E-state index in [0.29, 0.717) is 30.7 Å². The first kappa shape index (κ1) is 16.3. The van der Waals surface area contributed by atoms with Crippen molar-refractivity contribution < 1.29 is 9.53 Å².